The van der Waals surface area contributed by atoms with Crippen molar-refractivity contribution in [1.82, 2.24) is 0 Å². The molecule has 80 valence electrons. The molecular formula is C12H20O2. The standard InChI is InChI=1S/C12H20O2/c1-2-3-4-5-6-7-10-8-11(13)9-12(10)14/h10H,2-9H2,1H3. The minimum Gasteiger partial charge on any atom is -0.299 e. The van der Waals surface area contributed by atoms with E-state index in [-0.39, 0.29) is 23.9 Å². The molecule has 0 bridgehead atoms. The second-order valence-electron chi connectivity index (χ2n) is 4.29. The van der Waals surface area contributed by atoms with Crippen molar-refractivity contribution in [3.8, 4) is 0 Å². The highest BCUT2D eigenvalue weighted by molar-refractivity contribution is 6.06. The van der Waals surface area contributed by atoms with Crippen LogP contribution in [0.15, 0.2) is 0 Å². The summed E-state index contributed by atoms with van der Waals surface area (Å²) in [6.07, 6.45) is 7.81. The van der Waals surface area contributed by atoms with Crippen LogP contribution in [0.4, 0.5) is 0 Å². The minimum absolute atomic E-state index is 0.0733. The molecule has 0 aliphatic heterocycles. The molecule has 1 aliphatic rings. The van der Waals surface area contributed by atoms with Gasteiger partial charge in [0.2, 0.25) is 0 Å². The van der Waals surface area contributed by atoms with Crippen LogP contribution in [0.3, 0.4) is 0 Å². The summed E-state index contributed by atoms with van der Waals surface area (Å²) >= 11 is 0. The lowest BCUT2D eigenvalue weighted by atomic mass is 9.98. The van der Waals surface area contributed by atoms with E-state index in [0.29, 0.717) is 6.42 Å². The van der Waals surface area contributed by atoms with Gasteiger partial charge in [0.25, 0.3) is 0 Å². The van der Waals surface area contributed by atoms with Gasteiger partial charge in [0, 0.05) is 12.3 Å². The van der Waals surface area contributed by atoms with E-state index in [1.54, 1.807) is 0 Å². The Morgan fingerprint density at radius 3 is 2.43 bits per heavy atom. The number of carbonyl (C=O) groups is 2. The third-order valence-corrected chi connectivity index (χ3v) is 2.96. The van der Waals surface area contributed by atoms with Crippen molar-refractivity contribution in [3.63, 3.8) is 0 Å². The first-order chi connectivity index (χ1) is 6.74. The first-order valence-corrected chi connectivity index (χ1v) is 5.78. The van der Waals surface area contributed by atoms with Crippen molar-refractivity contribution in [2.75, 3.05) is 0 Å². The van der Waals surface area contributed by atoms with Crippen LogP contribution < -0.4 is 0 Å². The van der Waals surface area contributed by atoms with Crippen LogP contribution in [-0.4, -0.2) is 11.6 Å². The third-order valence-electron chi connectivity index (χ3n) is 2.96. The van der Waals surface area contributed by atoms with Gasteiger partial charge in [-0.15, -0.1) is 0 Å². The van der Waals surface area contributed by atoms with Gasteiger partial charge >= 0.3 is 0 Å². The van der Waals surface area contributed by atoms with E-state index in [4.69, 9.17) is 0 Å². The van der Waals surface area contributed by atoms with Gasteiger partial charge in [-0.3, -0.25) is 9.59 Å². The van der Waals surface area contributed by atoms with Crippen molar-refractivity contribution < 1.29 is 9.59 Å². The molecule has 2 nitrogen and oxygen atoms in total. The molecule has 0 saturated heterocycles. The first kappa shape index (κ1) is 11.4. The van der Waals surface area contributed by atoms with Crippen LogP contribution >= 0.6 is 0 Å². The minimum atomic E-state index is 0.0733. The normalized spacial score (nSPS) is 21.9. The van der Waals surface area contributed by atoms with Crippen molar-refractivity contribution >= 4 is 11.6 Å². The number of Topliss-reactive ketones (excluding diaryl/α,β-unsaturated/α-hetero) is 2. The molecule has 1 fully saturated rings. The van der Waals surface area contributed by atoms with Gasteiger partial charge < -0.3 is 0 Å². The topological polar surface area (TPSA) is 34.1 Å². The zero-order valence-electron chi connectivity index (χ0n) is 9.05. The summed E-state index contributed by atoms with van der Waals surface area (Å²) in [6, 6.07) is 0. The molecule has 0 aromatic heterocycles. The van der Waals surface area contributed by atoms with Gasteiger partial charge in [0.05, 0.1) is 6.42 Å². The van der Waals surface area contributed by atoms with Gasteiger partial charge in [0.15, 0.2) is 0 Å². The van der Waals surface area contributed by atoms with Crippen LogP contribution in [0.1, 0.15) is 58.3 Å². The predicted octanol–water partition coefficient (Wildman–Crippen LogP) is 2.90. The molecular weight excluding hydrogens is 176 g/mol. The summed E-state index contributed by atoms with van der Waals surface area (Å²) in [7, 11) is 0. The first-order valence-electron chi connectivity index (χ1n) is 5.78. The smallest absolute Gasteiger partial charge is 0.143 e. The summed E-state index contributed by atoms with van der Waals surface area (Å²) in [5.41, 5.74) is 0. The number of hydrogen-bond acceptors (Lipinski definition) is 2. The predicted molar refractivity (Wildman–Crippen MR) is 56.1 cm³/mol. The molecule has 1 rings (SSSR count). The zero-order valence-corrected chi connectivity index (χ0v) is 9.05. The lowest BCUT2D eigenvalue weighted by Crippen LogP contribution is -2.05. The molecule has 2 heteroatoms. The second-order valence-corrected chi connectivity index (χ2v) is 4.29. The molecule has 1 atom stereocenters. The van der Waals surface area contributed by atoms with Crippen molar-refractivity contribution in [1.29, 1.82) is 0 Å². The van der Waals surface area contributed by atoms with E-state index in [1.807, 2.05) is 0 Å². The molecule has 0 aromatic carbocycles. The molecule has 0 heterocycles. The fourth-order valence-electron chi connectivity index (χ4n) is 2.06. The molecule has 1 aliphatic carbocycles. The number of rotatable bonds is 6. The van der Waals surface area contributed by atoms with Gasteiger partial charge in [-0.05, 0) is 6.42 Å². The van der Waals surface area contributed by atoms with E-state index >= 15 is 0 Å². The molecule has 0 radical (unpaired) electrons. The Morgan fingerprint density at radius 1 is 1.14 bits per heavy atom. The fourth-order valence-corrected chi connectivity index (χ4v) is 2.06. The Balaban J connectivity index is 2.07. The Hall–Kier alpha value is -0.660. The molecule has 0 aromatic rings. The van der Waals surface area contributed by atoms with Crippen LogP contribution in [0.2, 0.25) is 0 Å². The number of carbonyl (C=O) groups excluding carboxylic acids is 2. The van der Waals surface area contributed by atoms with Crippen LogP contribution in [0.5, 0.6) is 0 Å². The molecule has 1 saturated carbocycles. The quantitative estimate of drug-likeness (QED) is 0.483. The van der Waals surface area contributed by atoms with Crippen molar-refractivity contribution in [2.45, 2.75) is 58.3 Å². The molecule has 0 spiro atoms. The highest BCUT2D eigenvalue weighted by Crippen LogP contribution is 2.24. The maximum absolute atomic E-state index is 11.3. The van der Waals surface area contributed by atoms with Crippen molar-refractivity contribution in [3.05, 3.63) is 0 Å². The van der Waals surface area contributed by atoms with Crippen molar-refractivity contribution in [2.24, 2.45) is 5.92 Å². The summed E-state index contributed by atoms with van der Waals surface area (Å²) in [4.78, 5) is 22.3. The Labute approximate surface area is 86.1 Å². The maximum atomic E-state index is 11.3. The Kier molecular flexibility index (Phi) is 4.85. The van der Waals surface area contributed by atoms with Gasteiger partial charge in [-0.2, -0.15) is 0 Å². The third kappa shape index (κ3) is 3.60. The van der Waals surface area contributed by atoms with Gasteiger partial charge in [-0.1, -0.05) is 39.0 Å². The van der Waals surface area contributed by atoms with Crippen LogP contribution in [-0.2, 0) is 9.59 Å². The largest absolute Gasteiger partial charge is 0.299 e. The SMILES string of the molecule is CCCCCCCC1CC(=O)CC1=O. The fraction of sp³-hybridized carbons (Fsp3) is 0.833. The van der Waals surface area contributed by atoms with E-state index in [9.17, 15) is 9.59 Å². The molecule has 14 heavy (non-hydrogen) atoms. The van der Waals surface area contributed by atoms with E-state index in [2.05, 4.69) is 6.92 Å². The number of hydrogen-bond donors (Lipinski definition) is 0. The summed E-state index contributed by atoms with van der Waals surface area (Å²) in [5.74, 6) is 0.406. The average Bonchev–Trinajstić information content (AvgIpc) is 2.45. The summed E-state index contributed by atoms with van der Waals surface area (Å²) in [6.45, 7) is 2.19. The highest BCUT2D eigenvalue weighted by atomic mass is 16.2. The van der Waals surface area contributed by atoms with Gasteiger partial charge in [-0.25, -0.2) is 0 Å². The lowest BCUT2D eigenvalue weighted by Gasteiger charge is -2.05. The van der Waals surface area contributed by atoms with E-state index in [1.165, 1.54) is 25.7 Å². The monoisotopic (exact) mass is 196 g/mol. The second kappa shape index (κ2) is 5.94. The molecule has 0 amide bonds. The number of ketones is 2. The van der Waals surface area contributed by atoms with E-state index in [0.717, 1.165) is 12.8 Å². The highest BCUT2D eigenvalue weighted by Gasteiger charge is 2.29. The van der Waals surface area contributed by atoms with Gasteiger partial charge in [0.1, 0.15) is 11.6 Å². The lowest BCUT2D eigenvalue weighted by molar-refractivity contribution is -0.122. The summed E-state index contributed by atoms with van der Waals surface area (Å²) < 4.78 is 0. The van der Waals surface area contributed by atoms with Crippen LogP contribution in [0.25, 0.3) is 0 Å². The molecule has 0 N–H and O–H groups in total. The summed E-state index contributed by atoms with van der Waals surface area (Å²) in [5, 5.41) is 0. The zero-order chi connectivity index (χ0) is 10.4. The van der Waals surface area contributed by atoms with Crippen LogP contribution in [0, 0.1) is 5.92 Å². The average molecular weight is 196 g/mol. The molecule has 1 unspecified atom stereocenters. The Morgan fingerprint density at radius 2 is 1.86 bits per heavy atom. The Bertz CT molecular complexity index is 208. The van der Waals surface area contributed by atoms with E-state index < -0.39 is 0 Å². The number of unbranched alkanes of at least 4 members (excludes halogenated alkanes) is 4. The maximum Gasteiger partial charge on any atom is 0.143 e.